The van der Waals surface area contributed by atoms with Crippen LogP contribution in [0.15, 0.2) is 23.5 Å². The highest BCUT2D eigenvalue weighted by Gasteiger charge is 2.57. The smallest absolute Gasteiger partial charge is 0.334 e. The van der Waals surface area contributed by atoms with Gasteiger partial charge in [0.1, 0.15) is 18.7 Å². The van der Waals surface area contributed by atoms with Crippen LogP contribution >= 0.6 is 0 Å². The summed E-state index contributed by atoms with van der Waals surface area (Å²) in [5, 5.41) is 7.45. The first-order chi connectivity index (χ1) is 13.0. The molecule has 2 aromatic rings. The van der Waals surface area contributed by atoms with Gasteiger partial charge in [0.15, 0.2) is 0 Å². The lowest BCUT2D eigenvalue weighted by atomic mass is 9.93. The highest BCUT2D eigenvalue weighted by atomic mass is 16.2. The fraction of sp³-hybridized carbons (Fsp3) is 0.667. The van der Waals surface area contributed by atoms with Gasteiger partial charge in [-0.05, 0) is 44.7 Å². The van der Waals surface area contributed by atoms with E-state index >= 15 is 0 Å². The van der Waals surface area contributed by atoms with Gasteiger partial charge in [0.2, 0.25) is 5.91 Å². The van der Waals surface area contributed by atoms with Crippen LogP contribution in [0.3, 0.4) is 0 Å². The topological polar surface area (TPSA) is 90.0 Å². The zero-order valence-corrected chi connectivity index (χ0v) is 16.0. The van der Waals surface area contributed by atoms with Crippen molar-refractivity contribution in [3.63, 3.8) is 0 Å². The summed E-state index contributed by atoms with van der Waals surface area (Å²) in [6.45, 7) is 5.33. The van der Waals surface area contributed by atoms with E-state index in [9.17, 15) is 9.59 Å². The Balaban J connectivity index is 1.57. The van der Waals surface area contributed by atoms with Crippen molar-refractivity contribution in [1.29, 1.82) is 0 Å². The van der Waals surface area contributed by atoms with Crippen LogP contribution in [-0.2, 0) is 31.5 Å². The molecule has 0 aromatic carbocycles. The van der Waals surface area contributed by atoms with Crippen LogP contribution in [0.4, 0.5) is 0 Å². The first-order valence-electron chi connectivity index (χ1n) is 9.63. The van der Waals surface area contributed by atoms with E-state index < -0.39 is 0 Å². The summed E-state index contributed by atoms with van der Waals surface area (Å²) < 4.78 is 4.68. The van der Waals surface area contributed by atoms with Crippen molar-refractivity contribution in [3.8, 4) is 0 Å². The number of piperidine rings is 1. The Morgan fingerprint density at radius 1 is 1.41 bits per heavy atom. The number of amides is 1. The highest BCUT2D eigenvalue weighted by Crippen LogP contribution is 2.56. The number of imidazole rings is 1. The van der Waals surface area contributed by atoms with Crippen LogP contribution in [0, 0.1) is 5.41 Å². The van der Waals surface area contributed by atoms with Crippen molar-refractivity contribution in [3.05, 3.63) is 35.0 Å². The molecule has 146 valence electrons. The Kier molecular flexibility index (Phi) is 4.63. The summed E-state index contributed by atoms with van der Waals surface area (Å²) in [6, 6.07) is 0.216. The van der Waals surface area contributed by atoms with Gasteiger partial charge in [-0.3, -0.25) is 9.36 Å². The van der Waals surface area contributed by atoms with Crippen molar-refractivity contribution in [2.45, 2.75) is 51.9 Å². The van der Waals surface area contributed by atoms with Crippen molar-refractivity contribution in [2.75, 3.05) is 13.1 Å². The van der Waals surface area contributed by atoms with E-state index in [1.54, 1.807) is 13.2 Å². The van der Waals surface area contributed by atoms with E-state index in [-0.39, 0.29) is 29.6 Å². The summed E-state index contributed by atoms with van der Waals surface area (Å²) >= 11 is 0. The van der Waals surface area contributed by atoms with E-state index in [1.165, 1.54) is 15.6 Å². The van der Waals surface area contributed by atoms with Crippen LogP contribution in [0.2, 0.25) is 0 Å². The van der Waals surface area contributed by atoms with Crippen molar-refractivity contribution in [2.24, 2.45) is 12.5 Å². The van der Waals surface area contributed by atoms with Gasteiger partial charge in [-0.15, -0.1) is 0 Å². The maximum absolute atomic E-state index is 13.2. The van der Waals surface area contributed by atoms with Gasteiger partial charge in [-0.1, -0.05) is 0 Å². The molecule has 2 aromatic heterocycles. The number of carbonyl (C=O) groups excluding carboxylic acids is 1. The number of hydrogen-bond acceptors (Lipinski definition) is 5. The molecule has 2 aliphatic rings. The molecule has 1 saturated carbocycles. The second-order valence-electron chi connectivity index (χ2n) is 7.67. The molecular weight excluding hydrogens is 346 g/mol. The molecule has 9 heteroatoms. The van der Waals surface area contributed by atoms with Crippen LogP contribution < -0.4 is 11.0 Å². The fourth-order valence-corrected chi connectivity index (χ4v) is 4.28. The fourth-order valence-electron chi connectivity index (χ4n) is 4.28. The molecule has 2 fully saturated rings. The molecule has 1 unspecified atom stereocenters. The summed E-state index contributed by atoms with van der Waals surface area (Å²) in [6.07, 6.45) is 8.37. The lowest BCUT2D eigenvalue weighted by Crippen LogP contribution is -2.42. The van der Waals surface area contributed by atoms with Crippen LogP contribution in [-0.4, -0.2) is 53.8 Å². The summed E-state index contributed by atoms with van der Waals surface area (Å²) in [5.41, 5.74) is -0.0506. The number of aryl methyl sites for hydroxylation is 2. The molecule has 3 heterocycles. The van der Waals surface area contributed by atoms with Crippen molar-refractivity contribution in [1.82, 2.24) is 34.1 Å². The first kappa shape index (κ1) is 18.0. The SMILES string of the molecule is CCn1ccnc1CN(C(=O)Cn1ncn(C)c1=O)C1CC12CCNCC2. The molecule has 0 radical (unpaired) electrons. The normalized spacial score (nSPS) is 20.7. The lowest BCUT2D eigenvalue weighted by molar-refractivity contribution is -0.134. The van der Waals surface area contributed by atoms with Gasteiger partial charge in [-0.25, -0.2) is 14.5 Å². The quantitative estimate of drug-likeness (QED) is 0.768. The Hall–Kier alpha value is -2.42. The predicted octanol–water partition coefficient (Wildman–Crippen LogP) is -0.0309. The minimum Gasteiger partial charge on any atom is -0.334 e. The molecule has 1 N–H and O–H groups in total. The van der Waals surface area contributed by atoms with Crippen LogP contribution in [0.5, 0.6) is 0 Å². The van der Waals surface area contributed by atoms with E-state index in [1.807, 2.05) is 11.1 Å². The van der Waals surface area contributed by atoms with Gasteiger partial charge < -0.3 is 14.8 Å². The van der Waals surface area contributed by atoms with Gasteiger partial charge in [-0.2, -0.15) is 5.10 Å². The van der Waals surface area contributed by atoms with E-state index in [0.717, 1.165) is 44.7 Å². The van der Waals surface area contributed by atoms with Gasteiger partial charge in [0.05, 0.1) is 6.54 Å². The van der Waals surface area contributed by atoms with E-state index in [4.69, 9.17) is 0 Å². The van der Waals surface area contributed by atoms with Crippen molar-refractivity contribution < 1.29 is 4.79 Å². The number of nitrogens with one attached hydrogen (secondary N) is 1. The molecule has 4 rings (SSSR count). The Bertz CT molecular complexity index is 874. The molecule has 27 heavy (non-hydrogen) atoms. The Morgan fingerprint density at radius 2 is 2.19 bits per heavy atom. The minimum absolute atomic E-state index is 0.0304. The first-order valence-corrected chi connectivity index (χ1v) is 9.63. The molecular formula is C18H27N7O2. The van der Waals surface area contributed by atoms with Crippen molar-refractivity contribution >= 4 is 5.91 Å². The monoisotopic (exact) mass is 373 g/mol. The Morgan fingerprint density at radius 3 is 2.85 bits per heavy atom. The lowest BCUT2D eigenvalue weighted by Gasteiger charge is -2.29. The number of nitrogens with zero attached hydrogens (tertiary/aromatic N) is 6. The highest BCUT2D eigenvalue weighted by molar-refractivity contribution is 5.76. The average Bonchev–Trinajstić information content (AvgIpc) is 3.01. The zero-order valence-electron chi connectivity index (χ0n) is 16.0. The number of carbonyl (C=O) groups is 1. The minimum atomic E-state index is -0.272. The third-order valence-corrected chi connectivity index (χ3v) is 6.07. The predicted molar refractivity (Wildman–Crippen MR) is 98.9 cm³/mol. The second-order valence-corrected chi connectivity index (χ2v) is 7.67. The molecule has 1 spiro atoms. The zero-order chi connectivity index (χ0) is 19.0. The van der Waals surface area contributed by atoms with E-state index in [2.05, 4.69) is 26.9 Å². The third kappa shape index (κ3) is 3.31. The molecule has 1 aliphatic heterocycles. The number of hydrogen-bond donors (Lipinski definition) is 1. The molecule has 9 nitrogen and oxygen atoms in total. The second kappa shape index (κ2) is 6.95. The number of rotatable bonds is 6. The molecule has 1 saturated heterocycles. The maximum atomic E-state index is 13.2. The van der Waals surface area contributed by atoms with Crippen LogP contribution in [0.25, 0.3) is 0 Å². The summed E-state index contributed by atoms with van der Waals surface area (Å²) in [7, 11) is 1.64. The molecule has 1 atom stereocenters. The van der Waals surface area contributed by atoms with Crippen LogP contribution in [0.1, 0.15) is 32.0 Å². The average molecular weight is 373 g/mol. The standard InChI is InChI=1S/C18H27N7O2/c1-3-23-9-8-20-15(23)11-24(14-10-18(14)4-6-19-7-5-18)16(26)12-25-17(27)22(2)13-21-25/h8-9,13-14,19H,3-7,10-12H2,1-2H3. The molecule has 1 aliphatic carbocycles. The summed E-state index contributed by atoms with van der Waals surface area (Å²) in [4.78, 5) is 31.6. The van der Waals surface area contributed by atoms with E-state index in [0.29, 0.717) is 6.54 Å². The van der Waals surface area contributed by atoms with Gasteiger partial charge in [0, 0.05) is 32.0 Å². The molecule has 1 amide bonds. The third-order valence-electron chi connectivity index (χ3n) is 6.07. The number of aromatic nitrogens is 5. The maximum Gasteiger partial charge on any atom is 0.345 e. The van der Waals surface area contributed by atoms with Gasteiger partial charge >= 0.3 is 5.69 Å². The summed E-state index contributed by atoms with van der Waals surface area (Å²) in [5.74, 6) is 0.817. The van der Waals surface area contributed by atoms with Gasteiger partial charge in [0.25, 0.3) is 0 Å². The molecule has 0 bridgehead atoms. The Labute approximate surface area is 158 Å². The largest absolute Gasteiger partial charge is 0.345 e.